The van der Waals surface area contributed by atoms with E-state index in [1.165, 1.54) is 11.8 Å². The van der Waals surface area contributed by atoms with E-state index >= 15 is 0 Å². The zero-order chi connectivity index (χ0) is 26.7. The Bertz CT molecular complexity index is 1520. The van der Waals surface area contributed by atoms with Gasteiger partial charge in [0.1, 0.15) is 0 Å². The topological polar surface area (TPSA) is 76.1 Å². The SMILES string of the molecule is CC(C)NC(=O)C(Cc1ccc(S(C)(=O)=O)cc1)c1cccc(-c2cc(C(C)C)cc3cccnc23)c1. The monoisotopic (exact) mass is 514 g/mol. The number of aromatic nitrogens is 1. The molecule has 4 rings (SSSR count). The summed E-state index contributed by atoms with van der Waals surface area (Å²) in [5.74, 6) is -0.122. The van der Waals surface area contributed by atoms with Crippen molar-refractivity contribution in [2.24, 2.45) is 0 Å². The van der Waals surface area contributed by atoms with Gasteiger partial charge in [0.2, 0.25) is 5.91 Å². The van der Waals surface area contributed by atoms with Crippen LogP contribution < -0.4 is 5.32 Å². The van der Waals surface area contributed by atoms with Crippen LogP contribution in [0.5, 0.6) is 0 Å². The minimum absolute atomic E-state index is 0.00154. The molecule has 1 atom stereocenters. The highest BCUT2D eigenvalue weighted by molar-refractivity contribution is 7.90. The maximum atomic E-state index is 13.4. The Morgan fingerprint density at radius 1 is 0.892 bits per heavy atom. The van der Waals surface area contributed by atoms with E-state index in [1.54, 1.807) is 24.3 Å². The number of fused-ring (bicyclic) bond motifs is 1. The van der Waals surface area contributed by atoms with Crippen molar-refractivity contribution in [1.82, 2.24) is 10.3 Å². The highest BCUT2D eigenvalue weighted by Gasteiger charge is 2.23. The van der Waals surface area contributed by atoms with Crippen LogP contribution in [-0.4, -0.2) is 31.6 Å². The molecule has 192 valence electrons. The standard InChI is InChI=1S/C31H34N2O3S/c1-20(2)26-18-25-10-7-15-32-30(25)28(19-26)23-8-6-9-24(17-23)29(31(34)33-21(3)4)16-22-11-13-27(14-12-22)37(5,35)36/h6-15,17-21,29H,16H2,1-5H3,(H,33,34). The van der Waals surface area contributed by atoms with E-state index in [2.05, 4.69) is 54.5 Å². The molecule has 0 aliphatic rings. The van der Waals surface area contributed by atoms with Crippen molar-refractivity contribution in [1.29, 1.82) is 0 Å². The van der Waals surface area contributed by atoms with E-state index < -0.39 is 15.8 Å². The van der Waals surface area contributed by atoms with Gasteiger partial charge in [-0.25, -0.2) is 8.42 Å². The molecule has 1 N–H and O–H groups in total. The molecule has 0 aliphatic heterocycles. The number of amides is 1. The normalized spacial score (nSPS) is 12.7. The fourth-order valence-corrected chi connectivity index (χ4v) is 5.18. The lowest BCUT2D eigenvalue weighted by molar-refractivity contribution is -0.123. The molecule has 1 aromatic heterocycles. The third-order valence-corrected chi connectivity index (χ3v) is 7.66. The summed E-state index contributed by atoms with van der Waals surface area (Å²) >= 11 is 0. The van der Waals surface area contributed by atoms with Gasteiger partial charge < -0.3 is 5.32 Å². The lowest BCUT2D eigenvalue weighted by Crippen LogP contribution is -2.35. The van der Waals surface area contributed by atoms with E-state index in [1.807, 2.05) is 38.2 Å². The van der Waals surface area contributed by atoms with Crippen LogP contribution in [0.3, 0.4) is 0 Å². The molecule has 0 aliphatic carbocycles. The Balaban J connectivity index is 1.78. The van der Waals surface area contributed by atoms with E-state index in [4.69, 9.17) is 0 Å². The van der Waals surface area contributed by atoms with Crippen LogP contribution in [0, 0.1) is 0 Å². The van der Waals surface area contributed by atoms with Gasteiger partial charge in [0.25, 0.3) is 0 Å². The number of hydrogen-bond donors (Lipinski definition) is 1. The average Bonchev–Trinajstić information content (AvgIpc) is 2.86. The molecule has 1 unspecified atom stereocenters. The number of rotatable bonds is 8. The summed E-state index contributed by atoms with van der Waals surface area (Å²) in [6, 6.07) is 23.4. The summed E-state index contributed by atoms with van der Waals surface area (Å²) in [5, 5.41) is 4.15. The van der Waals surface area contributed by atoms with Gasteiger partial charge in [0, 0.05) is 29.4 Å². The number of pyridine rings is 1. The number of sulfone groups is 1. The van der Waals surface area contributed by atoms with Gasteiger partial charge in [0.15, 0.2) is 9.84 Å². The van der Waals surface area contributed by atoms with Gasteiger partial charge >= 0.3 is 0 Å². The van der Waals surface area contributed by atoms with Crippen molar-refractivity contribution in [3.63, 3.8) is 0 Å². The Morgan fingerprint density at radius 3 is 2.27 bits per heavy atom. The molecule has 5 nitrogen and oxygen atoms in total. The summed E-state index contributed by atoms with van der Waals surface area (Å²) < 4.78 is 23.8. The van der Waals surface area contributed by atoms with Crippen molar-refractivity contribution < 1.29 is 13.2 Å². The summed E-state index contributed by atoms with van der Waals surface area (Å²) in [6.07, 6.45) is 3.46. The van der Waals surface area contributed by atoms with Gasteiger partial charge in [-0.2, -0.15) is 0 Å². The van der Waals surface area contributed by atoms with E-state index in [-0.39, 0.29) is 16.8 Å². The lowest BCUT2D eigenvalue weighted by Gasteiger charge is -2.20. The van der Waals surface area contributed by atoms with Gasteiger partial charge in [-0.15, -0.1) is 0 Å². The number of hydrogen-bond acceptors (Lipinski definition) is 4. The zero-order valence-corrected chi connectivity index (χ0v) is 22.8. The second kappa shape index (κ2) is 10.9. The van der Waals surface area contributed by atoms with E-state index in [9.17, 15) is 13.2 Å². The lowest BCUT2D eigenvalue weighted by atomic mass is 9.88. The largest absolute Gasteiger partial charge is 0.353 e. The molecule has 6 heteroatoms. The highest BCUT2D eigenvalue weighted by atomic mass is 32.2. The first-order chi connectivity index (χ1) is 17.5. The molecule has 37 heavy (non-hydrogen) atoms. The third kappa shape index (κ3) is 6.25. The van der Waals surface area contributed by atoms with Crippen molar-refractivity contribution in [3.8, 4) is 11.1 Å². The first-order valence-electron chi connectivity index (χ1n) is 12.6. The van der Waals surface area contributed by atoms with Crippen molar-refractivity contribution in [3.05, 3.63) is 95.7 Å². The van der Waals surface area contributed by atoms with Crippen LogP contribution in [0.15, 0.2) is 83.9 Å². The molecule has 4 aromatic rings. The molecule has 0 fully saturated rings. The van der Waals surface area contributed by atoms with Crippen LogP contribution in [0.4, 0.5) is 0 Å². The minimum Gasteiger partial charge on any atom is -0.353 e. The molecule has 3 aromatic carbocycles. The predicted octanol–water partition coefficient (Wildman–Crippen LogP) is 6.28. The molecule has 1 heterocycles. The number of nitrogens with one attached hydrogen (secondary N) is 1. The third-order valence-electron chi connectivity index (χ3n) is 6.53. The van der Waals surface area contributed by atoms with Crippen LogP contribution >= 0.6 is 0 Å². The molecular formula is C31H34N2O3S. The molecule has 1 amide bonds. The smallest absolute Gasteiger partial charge is 0.228 e. The number of benzene rings is 3. The van der Waals surface area contributed by atoms with E-state index in [0.717, 1.165) is 33.2 Å². The van der Waals surface area contributed by atoms with Gasteiger partial charge in [-0.1, -0.05) is 56.3 Å². The zero-order valence-electron chi connectivity index (χ0n) is 22.0. The quantitative estimate of drug-likeness (QED) is 0.300. The molecule has 0 spiro atoms. The van der Waals surface area contributed by atoms with Crippen molar-refractivity contribution in [2.75, 3.05) is 6.26 Å². The van der Waals surface area contributed by atoms with Gasteiger partial charge in [-0.3, -0.25) is 9.78 Å². The second-order valence-corrected chi connectivity index (χ2v) is 12.3. The van der Waals surface area contributed by atoms with Gasteiger partial charge in [0.05, 0.1) is 16.3 Å². The predicted molar refractivity (Wildman–Crippen MR) is 151 cm³/mol. The fraction of sp³-hybridized carbons (Fsp3) is 0.290. The average molecular weight is 515 g/mol. The van der Waals surface area contributed by atoms with E-state index in [0.29, 0.717) is 12.3 Å². The summed E-state index contributed by atoms with van der Waals surface area (Å²) in [7, 11) is -3.28. The van der Waals surface area contributed by atoms with Crippen molar-refractivity contribution >= 4 is 26.6 Å². The Labute approximate surface area is 219 Å². The maximum Gasteiger partial charge on any atom is 0.228 e. The van der Waals surface area contributed by atoms with Gasteiger partial charge in [-0.05, 0) is 78.8 Å². The molecule has 0 bridgehead atoms. The summed E-state index contributed by atoms with van der Waals surface area (Å²) in [6.45, 7) is 8.25. The number of carbonyl (C=O) groups excluding carboxylic acids is 1. The maximum absolute atomic E-state index is 13.4. The fourth-order valence-electron chi connectivity index (χ4n) is 4.55. The summed E-state index contributed by atoms with van der Waals surface area (Å²) in [4.78, 5) is 18.3. The molecule has 0 radical (unpaired) electrons. The Kier molecular flexibility index (Phi) is 7.79. The number of carbonyl (C=O) groups is 1. The summed E-state index contributed by atoms with van der Waals surface area (Å²) in [5.41, 5.74) is 6.03. The second-order valence-electron chi connectivity index (χ2n) is 10.3. The van der Waals surface area contributed by atoms with Crippen LogP contribution in [0.1, 0.15) is 56.2 Å². The first-order valence-corrected chi connectivity index (χ1v) is 14.5. The molecular weight excluding hydrogens is 480 g/mol. The Hall–Kier alpha value is -3.51. The Morgan fingerprint density at radius 2 is 1.62 bits per heavy atom. The van der Waals surface area contributed by atoms with Crippen LogP contribution in [-0.2, 0) is 21.1 Å². The minimum atomic E-state index is -3.28. The molecule has 0 saturated carbocycles. The highest BCUT2D eigenvalue weighted by Crippen LogP contribution is 2.33. The van der Waals surface area contributed by atoms with Crippen LogP contribution in [0.2, 0.25) is 0 Å². The first kappa shape index (κ1) is 26.6. The number of nitrogens with zero attached hydrogens (tertiary/aromatic N) is 1. The van der Waals surface area contributed by atoms with Crippen molar-refractivity contribution in [2.45, 2.75) is 56.9 Å². The van der Waals surface area contributed by atoms with Crippen LogP contribution in [0.25, 0.3) is 22.0 Å². The molecule has 0 saturated heterocycles.